The monoisotopic (exact) mass is 223 g/mol. The van der Waals surface area contributed by atoms with Crippen molar-refractivity contribution in [3.63, 3.8) is 0 Å². The predicted molar refractivity (Wildman–Crippen MR) is 65.5 cm³/mol. The molecule has 2 N–H and O–H groups in total. The zero-order chi connectivity index (χ0) is 12.1. The number of hydrogen-bond acceptors (Lipinski definition) is 3. The van der Waals surface area contributed by atoms with Gasteiger partial charge in [-0.05, 0) is 45.4 Å². The third-order valence-corrected chi connectivity index (χ3v) is 2.19. The molecule has 0 aliphatic rings. The van der Waals surface area contributed by atoms with E-state index in [1.807, 2.05) is 45.0 Å². The molecule has 0 fully saturated rings. The van der Waals surface area contributed by atoms with Crippen LogP contribution in [0, 0.1) is 6.92 Å². The molecule has 0 spiro atoms. The number of aliphatic hydroxyl groups is 1. The van der Waals surface area contributed by atoms with E-state index < -0.39 is 6.10 Å². The quantitative estimate of drug-likeness (QED) is 0.751. The summed E-state index contributed by atoms with van der Waals surface area (Å²) in [6.45, 7) is 7.78. The van der Waals surface area contributed by atoms with Gasteiger partial charge in [-0.15, -0.1) is 0 Å². The molecule has 3 nitrogen and oxygen atoms in total. The average molecular weight is 223 g/mol. The van der Waals surface area contributed by atoms with E-state index in [1.54, 1.807) is 6.92 Å². The van der Waals surface area contributed by atoms with E-state index in [0.717, 1.165) is 11.3 Å². The molecule has 0 aromatic heterocycles. The summed E-state index contributed by atoms with van der Waals surface area (Å²) in [7, 11) is 0. The molecule has 0 aliphatic heterocycles. The molecule has 0 bridgehead atoms. The van der Waals surface area contributed by atoms with Crippen LogP contribution < -0.4 is 10.1 Å². The van der Waals surface area contributed by atoms with Crippen molar-refractivity contribution >= 4 is 0 Å². The molecule has 1 aromatic carbocycles. The van der Waals surface area contributed by atoms with E-state index in [0.29, 0.717) is 0 Å². The fraction of sp³-hybridized carbons (Fsp3) is 0.538. The van der Waals surface area contributed by atoms with Crippen LogP contribution in [0.25, 0.3) is 0 Å². The van der Waals surface area contributed by atoms with E-state index in [4.69, 9.17) is 4.74 Å². The Balaban J connectivity index is 2.68. The first-order chi connectivity index (χ1) is 7.49. The first kappa shape index (κ1) is 13.0. The summed E-state index contributed by atoms with van der Waals surface area (Å²) in [4.78, 5) is 0. The molecule has 3 heteroatoms. The fourth-order valence-electron chi connectivity index (χ4n) is 1.44. The maximum Gasteiger partial charge on any atom is 0.176 e. The molecule has 0 saturated carbocycles. The SMILES string of the molecule is Cc1cccc(OC(NC(C)C)C(C)O)c1. The van der Waals surface area contributed by atoms with Crippen molar-refractivity contribution in [3.05, 3.63) is 29.8 Å². The smallest absolute Gasteiger partial charge is 0.176 e. The van der Waals surface area contributed by atoms with Crippen molar-refractivity contribution < 1.29 is 9.84 Å². The fourth-order valence-corrected chi connectivity index (χ4v) is 1.44. The van der Waals surface area contributed by atoms with E-state index in [-0.39, 0.29) is 12.3 Å². The van der Waals surface area contributed by atoms with Crippen LogP contribution >= 0.6 is 0 Å². The van der Waals surface area contributed by atoms with Gasteiger partial charge in [0.2, 0.25) is 0 Å². The number of aliphatic hydroxyl groups excluding tert-OH is 1. The van der Waals surface area contributed by atoms with Crippen LogP contribution in [-0.2, 0) is 0 Å². The molecule has 16 heavy (non-hydrogen) atoms. The molecule has 2 unspecified atom stereocenters. The van der Waals surface area contributed by atoms with Crippen LogP contribution in [0.4, 0.5) is 0 Å². The second-order valence-electron chi connectivity index (χ2n) is 4.42. The summed E-state index contributed by atoms with van der Waals surface area (Å²) >= 11 is 0. The molecule has 90 valence electrons. The van der Waals surface area contributed by atoms with Gasteiger partial charge in [0.05, 0.1) is 0 Å². The molecule has 0 saturated heterocycles. The van der Waals surface area contributed by atoms with Gasteiger partial charge in [0, 0.05) is 6.04 Å². The van der Waals surface area contributed by atoms with Gasteiger partial charge in [-0.3, -0.25) is 5.32 Å². The minimum atomic E-state index is -0.553. The minimum Gasteiger partial charge on any atom is -0.473 e. The molecule has 1 rings (SSSR count). The highest BCUT2D eigenvalue weighted by molar-refractivity contribution is 5.27. The highest BCUT2D eigenvalue weighted by Crippen LogP contribution is 2.14. The van der Waals surface area contributed by atoms with Crippen LogP contribution in [0.15, 0.2) is 24.3 Å². The lowest BCUT2D eigenvalue weighted by atomic mass is 10.2. The van der Waals surface area contributed by atoms with Crippen LogP contribution in [0.2, 0.25) is 0 Å². The Morgan fingerprint density at radius 2 is 1.94 bits per heavy atom. The molecule has 0 amide bonds. The lowest BCUT2D eigenvalue weighted by molar-refractivity contribution is 0.0218. The summed E-state index contributed by atoms with van der Waals surface area (Å²) in [5, 5.41) is 12.8. The van der Waals surface area contributed by atoms with E-state index in [9.17, 15) is 5.11 Å². The van der Waals surface area contributed by atoms with Gasteiger partial charge in [-0.1, -0.05) is 12.1 Å². The molecule has 0 heterocycles. The van der Waals surface area contributed by atoms with Gasteiger partial charge in [-0.25, -0.2) is 0 Å². The molecule has 2 atom stereocenters. The first-order valence-corrected chi connectivity index (χ1v) is 5.66. The number of hydrogen-bond donors (Lipinski definition) is 2. The summed E-state index contributed by atoms with van der Waals surface area (Å²) in [5.74, 6) is 0.777. The lowest BCUT2D eigenvalue weighted by Crippen LogP contribution is -2.46. The van der Waals surface area contributed by atoms with Gasteiger partial charge in [0.1, 0.15) is 11.9 Å². The summed E-state index contributed by atoms with van der Waals surface area (Å²) in [6, 6.07) is 8.07. The zero-order valence-corrected chi connectivity index (χ0v) is 10.4. The number of rotatable bonds is 5. The Morgan fingerprint density at radius 3 is 2.44 bits per heavy atom. The van der Waals surface area contributed by atoms with Gasteiger partial charge in [0.25, 0.3) is 0 Å². The third kappa shape index (κ3) is 4.21. The molecular weight excluding hydrogens is 202 g/mol. The van der Waals surface area contributed by atoms with Crippen LogP contribution in [-0.4, -0.2) is 23.5 Å². The first-order valence-electron chi connectivity index (χ1n) is 5.66. The highest BCUT2D eigenvalue weighted by Gasteiger charge is 2.17. The summed E-state index contributed by atoms with van der Waals surface area (Å²) < 4.78 is 5.71. The summed E-state index contributed by atoms with van der Waals surface area (Å²) in [6.07, 6.45) is -0.926. The normalized spacial score (nSPS) is 14.9. The topological polar surface area (TPSA) is 41.5 Å². The van der Waals surface area contributed by atoms with Crippen molar-refractivity contribution in [2.24, 2.45) is 0 Å². The molecule has 1 aromatic rings. The van der Waals surface area contributed by atoms with Crippen molar-refractivity contribution in [3.8, 4) is 5.75 Å². The predicted octanol–water partition coefficient (Wildman–Crippen LogP) is 2.08. The minimum absolute atomic E-state index is 0.268. The van der Waals surface area contributed by atoms with Gasteiger partial charge in [0.15, 0.2) is 6.23 Å². The van der Waals surface area contributed by atoms with Crippen LogP contribution in [0.5, 0.6) is 5.75 Å². The van der Waals surface area contributed by atoms with Gasteiger partial charge < -0.3 is 9.84 Å². The maximum absolute atomic E-state index is 9.60. The molecule has 0 radical (unpaired) electrons. The van der Waals surface area contributed by atoms with Gasteiger partial charge >= 0.3 is 0 Å². The maximum atomic E-state index is 9.60. The Morgan fingerprint density at radius 1 is 1.25 bits per heavy atom. The standard InChI is InChI=1S/C13H21NO2/c1-9(2)14-13(11(4)15)16-12-7-5-6-10(3)8-12/h5-9,11,13-15H,1-4H3. The third-order valence-electron chi connectivity index (χ3n) is 2.19. The van der Waals surface area contributed by atoms with Crippen molar-refractivity contribution in [2.45, 2.75) is 46.1 Å². The Kier molecular flexibility index (Phi) is 4.77. The number of nitrogens with one attached hydrogen (secondary N) is 1. The number of aryl methyl sites for hydroxylation is 1. The molecule has 0 aliphatic carbocycles. The van der Waals surface area contributed by atoms with Crippen LogP contribution in [0.1, 0.15) is 26.3 Å². The average Bonchev–Trinajstić information content (AvgIpc) is 2.15. The largest absolute Gasteiger partial charge is 0.473 e. The Bertz CT molecular complexity index is 323. The van der Waals surface area contributed by atoms with Crippen molar-refractivity contribution in [1.29, 1.82) is 0 Å². The zero-order valence-electron chi connectivity index (χ0n) is 10.4. The van der Waals surface area contributed by atoms with Crippen LogP contribution in [0.3, 0.4) is 0 Å². The second-order valence-corrected chi connectivity index (χ2v) is 4.42. The Hall–Kier alpha value is -1.06. The van der Waals surface area contributed by atoms with Crippen molar-refractivity contribution in [2.75, 3.05) is 0 Å². The van der Waals surface area contributed by atoms with Crippen molar-refractivity contribution in [1.82, 2.24) is 5.32 Å². The lowest BCUT2D eigenvalue weighted by Gasteiger charge is -2.25. The van der Waals surface area contributed by atoms with E-state index >= 15 is 0 Å². The number of benzene rings is 1. The van der Waals surface area contributed by atoms with E-state index in [2.05, 4.69) is 5.32 Å². The second kappa shape index (κ2) is 5.87. The highest BCUT2D eigenvalue weighted by atomic mass is 16.5. The van der Waals surface area contributed by atoms with Gasteiger partial charge in [-0.2, -0.15) is 0 Å². The molecular formula is C13H21NO2. The van der Waals surface area contributed by atoms with E-state index in [1.165, 1.54) is 0 Å². The Labute approximate surface area is 97.4 Å². The summed E-state index contributed by atoms with van der Waals surface area (Å²) in [5.41, 5.74) is 1.14. The number of ether oxygens (including phenoxy) is 1.